The fraction of sp³-hybridized carbons (Fsp3) is 0.538. The number of hydrogen-bond acceptors (Lipinski definition) is 2. The molecule has 16 heavy (non-hydrogen) atoms. The predicted octanol–water partition coefficient (Wildman–Crippen LogP) is 3.25. The molecule has 0 atom stereocenters. The van der Waals surface area contributed by atoms with Gasteiger partial charge in [0.2, 0.25) is 0 Å². The lowest BCUT2D eigenvalue weighted by Crippen LogP contribution is -2.41. The molecule has 1 aliphatic heterocycles. The molecule has 1 fully saturated rings. The number of benzene rings is 1. The maximum Gasteiger partial charge on any atom is 0.0364 e. The number of hydrogen-bond donors (Lipinski definition) is 1. The van der Waals surface area contributed by atoms with E-state index in [9.17, 15) is 0 Å². The van der Waals surface area contributed by atoms with E-state index in [1.165, 1.54) is 48.0 Å². The number of rotatable bonds is 3. The molecular weight excluding hydrogens is 264 g/mol. The van der Waals surface area contributed by atoms with Crippen molar-refractivity contribution >= 4 is 15.9 Å². The van der Waals surface area contributed by atoms with Crippen LogP contribution >= 0.6 is 15.9 Å². The highest BCUT2D eigenvalue weighted by atomic mass is 79.9. The van der Waals surface area contributed by atoms with Crippen LogP contribution in [0.3, 0.4) is 0 Å². The molecule has 1 aromatic carbocycles. The summed E-state index contributed by atoms with van der Waals surface area (Å²) in [5, 5.41) is 2.34. The summed E-state index contributed by atoms with van der Waals surface area (Å²) in [6.07, 6.45) is 4.02. The summed E-state index contributed by atoms with van der Waals surface area (Å²) in [5.41, 5.74) is 6.13. The first kappa shape index (κ1) is 12.1. The Balaban J connectivity index is 1.88. The van der Waals surface area contributed by atoms with Gasteiger partial charge in [-0.3, -0.25) is 5.43 Å². The first-order valence-corrected chi connectivity index (χ1v) is 6.78. The Morgan fingerprint density at radius 3 is 2.69 bits per heavy atom. The van der Waals surface area contributed by atoms with E-state index < -0.39 is 0 Å². The fourth-order valence-electron chi connectivity index (χ4n) is 2.04. The van der Waals surface area contributed by atoms with Gasteiger partial charge in [-0.2, -0.15) is 0 Å². The molecule has 0 radical (unpaired) electrons. The lowest BCUT2D eigenvalue weighted by Gasteiger charge is -2.27. The molecule has 88 valence electrons. The maximum atomic E-state index is 3.61. The molecule has 0 saturated carbocycles. The maximum absolute atomic E-state index is 3.61. The van der Waals surface area contributed by atoms with Crippen LogP contribution in [0.5, 0.6) is 0 Å². The van der Waals surface area contributed by atoms with E-state index in [2.05, 4.69) is 51.5 Å². The largest absolute Gasteiger partial charge is 0.251 e. The van der Waals surface area contributed by atoms with E-state index >= 15 is 0 Å². The number of nitrogens with one attached hydrogen (secondary N) is 1. The third kappa shape index (κ3) is 3.30. The summed E-state index contributed by atoms with van der Waals surface area (Å²) in [5.74, 6) is 0. The monoisotopic (exact) mass is 282 g/mol. The average Bonchev–Trinajstić information content (AvgIpc) is 2.29. The second-order valence-electron chi connectivity index (χ2n) is 4.48. The van der Waals surface area contributed by atoms with Crippen molar-refractivity contribution in [1.82, 2.24) is 10.4 Å². The zero-order chi connectivity index (χ0) is 11.4. The van der Waals surface area contributed by atoms with Gasteiger partial charge in [0.05, 0.1) is 0 Å². The first-order valence-electron chi connectivity index (χ1n) is 5.99. The highest BCUT2D eigenvalue weighted by Gasteiger charge is 2.09. The van der Waals surface area contributed by atoms with E-state index in [1.807, 2.05) is 0 Å². The SMILES string of the molecule is Cc1ccc(CNN2CCCCC2)c(Br)c1. The molecule has 1 aliphatic rings. The zero-order valence-corrected chi connectivity index (χ0v) is 11.4. The Kier molecular flexibility index (Phi) is 4.38. The third-order valence-corrected chi connectivity index (χ3v) is 3.80. The normalized spacial score (nSPS) is 17.6. The van der Waals surface area contributed by atoms with Crippen molar-refractivity contribution < 1.29 is 0 Å². The Hall–Kier alpha value is -0.380. The van der Waals surface area contributed by atoms with Gasteiger partial charge < -0.3 is 0 Å². The van der Waals surface area contributed by atoms with Crippen LogP contribution in [0.2, 0.25) is 0 Å². The van der Waals surface area contributed by atoms with E-state index in [4.69, 9.17) is 0 Å². The summed E-state index contributed by atoms with van der Waals surface area (Å²) in [6.45, 7) is 5.40. The average molecular weight is 283 g/mol. The van der Waals surface area contributed by atoms with E-state index in [1.54, 1.807) is 0 Å². The highest BCUT2D eigenvalue weighted by molar-refractivity contribution is 9.10. The van der Waals surface area contributed by atoms with Crippen LogP contribution in [0.1, 0.15) is 30.4 Å². The molecule has 1 aromatic rings. The van der Waals surface area contributed by atoms with Crippen molar-refractivity contribution in [2.24, 2.45) is 0 Å². The molecule has 1 heterocycles. The summed E-state index contributed by atoms with van der Waals surface area (Å²) in [7, 11) is 0. The van der Waals surface area contributed by atoms with Crippen molar-refractivity contribution in [1.29, 1.82) is 0 Å². The van der Waals surface area contributed by atoms with E-state index in [0.717, 1.165) is 6.54 Å². The van der Waals surface area contributed by atoms with Crippen molar-refractivity contribution in [3.8, 4) is 0 Å². The van der Waals surface area contributed by atoms with Crippen LogP contribution in [-0.2, 0) is 6.54 Å². The molecular formula is C13H19BrN2. The van der Waals surface area contributed by atoms with Crippen LogP contribution in [0.25, 0.3) is 0 Å². The summed E-state index contributed by atoms with van der Waals surface area (Å²) in [6, 6.07) is 6.53. The van der Waals surface area contributed by atoms with Gasteiger partial charge in [-0.1, -0.05) is 34.5 Å². The van der Waals surface area contributed by atoms with Gasteiger partial charge in [0.15, 0.2) is 0 Å². The highest BCUT2D eigenvalue weighted by Crippen LogP contribution is 2.18. The molecule has 1 N–H and O–H groups in total. The van der Waals surface area contributed by atoms with Crippen molar-refractivity contribution in [2.75, 3.05) is 13.1 Å². The van der Waals surface area contributed by atoms with Crippen LogP contribution < -0.4 is 5.43 Å². The molecule has 0 unspecified atom stereocenters. The molecule has 0 bridgehead atoms. The molecule has 0 spiro atoms. The predicted molar refractivity (Wildman–Crippen MR) is 71.1 cm³/mol. The molecule has 2 nitrogen and oxygen atoms in total. The van der Waals surface area contributed by atoms with Gasteiger partial charge in [-0.05, 0) is 37.0 Å². The molecule has 2 rings (SSSR count). The minimum atomic E-state index is 0.918. The second-order valence-corrected chi connectivity index (χ2v) is 5.33. The lowest BCUT2D eigenvalue weighted by molar-refractivity contribution is 0.151. The first-order chi connectivity index (χ1) is 7.75. The van der Waals surface area contributed by atoms with Crippen molar-refractivity contribution in [3.05, 3.63) is 33.8 Å². The van der Waals surface area contributed by atoms with Gasteiger partial charge in [0.1, 0.15) is 0 Å². The van der Waals surface area contributed by atoms with Gasteiger partial charge in [-0.25, -0.2) is 5.01 Å². The van der Waals surface area contributed by atoms with Crippen molar-refractivity contribution in [3.63, 3.8) is 0 Å². The minimum absolute atomic E-state index is 0.918. The fourth-order valence-corrected chi connectivity index (χ4v) is 2.68. The summed E-state index contributed by atoms with van der Waals surface area (Å²) in [4.78, 5) is 0. The van der Waals surface area contributed by atoms with Gasteiger partial charge in [0.25, 0.3) is 0 Å². The standard InChI is InChI=1S/C13H19BrN2/c1-11-5-6-12(13(14)9-11)10-15-16-7-3-2-4-8-16/h5-6,9,15H,2-4,7-8,10H2,1H3. The number of halogens is 1. The van der Waals surface area contributed by atoms with Crippen LogP contribution in [-0.4, -0.2) is 18.1 Å². The number of hydrazine groups is 1. The topological polar surface area (TPSA) is 15.3 Å². The smallest absolute Gasteiger partial charge is 0.0364 e. The molecule has 0 aromatic heterocycles. The second kappa shape index (κ2) is 5.80. The van der Waals surface area contributed by atoms with Crippen LogP contribution in [0.15, 0.2) is 22.7 Å². The van der Waals surface area contributed by atoms with E-state index in [-0.39, 0.29) is 0 Å². The van der Waals surface area contributed by atoms with Gasteiger partial charge in [0, 0.05) is 24.1 Å². The zero-order valence-electron chi connectivity index (χ0n) is 9.80. The number of nitrogens with zero attached hydrogens (tertiary/aromatic N) is 1. The van der Waals surface area contributed by atoms with Gasteiger partial charge in [-0.15, -0.1) is 0 Å². The summed E-state index contributed by atoms with van der Waals surface area (Å²) >= 11 is 3.61. The summed E-state index contributed by atoms with van der Waals surface area (Å²) < 4.78 is 1.21. The quantitative estimate of drug-likeness (QED) is 0.916. The Bertz CT molecular complexity index is 346. The van der Waals surface area contributed by atoms with E-state index in [0.29, 0.717) is 0 Å². The minimum Gasteiger partial charge on any atom is -0.251 e. The Morgan fingerprint density at radius 1 is 1.25 bits per heavy atom. The number of piperidine rings is 1. The lowest BCUT2D eigenvalue weighted by atomic mass is 10.1. The molecule has 0 amide bonds. The molecule has 3 heteroatoms. The molecule has 0 aliphatic carbocycles. The van der Waals surface area contributed by atoms with Crippen molar-refractivity contribution in [2.45, 2.75) is 32.7 Å². The molecule has 1 saturated heterocycles. The third-order valence-electron chi connectivity index (χ3n) is 3.06. The van der Waals surface area contributed by atoms with Crippen LogP contribution in [0.4, 0.5) is 0 Å². The van der Waals surface area contributed by atoms with Crippen LogP contribution in [0, 0.1) is 6.92 Å². The number of aryl methyl sites for hydroxylation is 1. The van der Waals surface area contributed by atoms with Gasteiger partial charge >= 0.3 is 0 Å². The Morgan fingerprint density at radius 2 is 2.00 bits per heavy atom. The Labute approximate surface area is 106 Å².